The van der Waals surface area contributed by atoms with Crippen molar-refractivity contribution < 1.29 is 14.3 Å². The van der Waals surface area contributed by atoms with Gasteiger partial charge in [0.1, 0.15) is 11.5 Å². The first-order chi connectivity index (χ1) is 10.6. The number of hydrogen-bond donors (Lipinski definition) is 1. The zero-order valence-corrected chi connectivity index (χ0v) is 13.8. The molecule has 0 aliphatic carbocycles. The molecule has 1 aliphatic rings. The predicted molar refractivity (Wildman–Crippen MR) is 90.7 cm³/mol. The highest BCUT2D eigenvalue weighted by molar-refractivity contribution is 8.14. The minimum atomic E-state index is -0.197. The largest absolute Gasteiger partial charge is 0.496 e. The van der Waals surface area contributed by atoms with E-state index in [4.69, 9.17) is 9.47 Å². The molecule has 1 heterocycles. The Morgan fingerprint density at radius 1 is 1.45 bits per heavy atom. The summed E-state index contributed by atoms with van der Waals surface area (Å²) in [5, 5.41) is 3.43. The number of amides is 1. The summed E-state index contributed by atoms with van der Waals surface area (Å²) in [5.74, 6) is 2.13. The summed E-state index contributed by atoms with van der Waals surface area (Å²) < 4.78 is 11.0. The van der Waals surface area contributed by atoms with Crippen molar-refractivity contribution in [3.05, 3.63) is 29.8 Å². The van der Waals surface area contributed by atoms with Crippen LogP contribution in [0.15, 0.2) is 29.3 Å². The van der Waals surface area contributed by atoms with Crippen LogP contribution in [0.1, 0.15) is 19.4 Å². The lowest BCUT2D eigenvalue weighted by Gasteiger charge is -2.12. The molecule has 1 aromatic rings. The molecule has 0 fully saturated rings. The highest BCUT2D eigenvalue weighted by Crippen LogP contribution is 2.26. The van der Waals surface area contributed by atoms with E-state index in [0.717, 1.165) is 23.6 Å². The molecule has 0 saturated carbocycles. The molecular formula is C16H20N2O3S. The van der Waals surface area contributed by atoms with E-state index in [1.54, 1.807) is 24.9 Å². The lowest BCUT2D eigenvalue weighted by Crippen LogP contribution is -2.25. The van der Waals surface area contributed by atoms with Crippen LogP contribution in [0.5, 0.6) is 11.5 Å². The molecule has 118 valence electrons. The number of benzene rings is 1. The number of aliphatic imine (C=N–C) groups is 1. The SMILES string of the molecule is COc1cc(OC(C)C)ccc1C=CC(=O)NC1=NCCS1. The number of hydrogen-bond acceptors (Lipinski definition) is 5. The molecular weight excluding hydrogens is 300 g/mol. The Bertz CT molecular complexity index is 597. The maximum atomic E-state index is 11.8. The van der Waals surface area contributed by atoms with Gasteiger partial charge in [0.25, 0.3) is 0 Å². The summed E-state index contributed by atoms with van der Waals surface area (Å²) in [5.41, 5.74) is 0.815. The minimum Gasteiger partial charge on any atom is -0.496 e. The Hall–Kier alpha value is -1.95. The van der Waals surface area contributed by atoms with E-state index < -0.39 is 0 Å². The average molecular weight is 320 g/mol. The molecule has 2 rings (SSSR count). The molecule has 0 saturated heterocycles. The van der Waals surface area contributed by atoms with Crippen molar-refractivity contribution in [2.75, 3.05) is 19.4 Å². The zero-order chi connectivity index (χ0) is 15.9. The monoisotopic (exact) mass is 320 g/mol. The third-order valence-corrected chi connectivity index (χ3v) is 3.70. The van der Waals surface area contributed by atoms with Crippen LogP contribution < -0.4 is 14.8 Å². The third kappa shape index (κ3) is 4.80. The minimum absolute atomic E-state index is 0.0987. The van der Waals surface area contributed by atoms with Crippen LogP contribution in [-0.2, 0) is 4.79 Å². The van der Waals surface area contributed by atoms with Crippen LogP contribution in [0.25, 0.3) is 6.08 Å². The van der Waals surface area contributed by atoms with Crippen LogP contribution in [0.3, 0.4) is 0 Å². The first-order valence-electron chi connectivity index (χ1n) is 7.09. The van der Waals surface area contributed by atoms with Gasteiger partial charge in [0.05, 0.1) is 19.8 Å². The molecule has 6 heteroatoms. The fourth-order valence-corrected chi connectivity index (χ4v) is 2.63. The van der Waals surface area contributed by atoms with Crippen molar-refractivity contribution in [2.24, 2.45) is 4.99 Å². The smallest absolute Gasteiger partial charge is 0.249 e. The van der Waals surface area contributed by atoms with Crippen molar-refractivity contribution in [3.8, 4) is 11.5 Å². The number of ether oxygens (including phenoxy) is 2. The molecule has 1 amide bonds. The standard InChI is InChI=1S/C16H20N2O3S/c1-11(2)21-13-6-4-12(14(10-13)20-3)5-7-15(19)18-16-17-8-9-22-16/h4-7,10-11H,8-9H2,1-3H3,(H,17,18,19). The van der Waals surface area contributed by atoms with E-state index in [-0.39, 0.29) is 12.0 Å². The van der Waals surface area contributed by atoms with E-state index in [2.05, 4.69) is 10.3 Å². The van der Waals surface area contributed by atoms with Gasteiger partial charge in [-0.25, -0.2) is 0 Å². The molecule has 0 bridgehead atoms. The summed E-state index contributed by atoms with van der Waals surface area (Å²) in [6.07, 6.45) is 3.29. The van der Waals surface area contributed by atoms with Gasteiger partial charge in [-0.15, -0.1) is 0 Å². The maximum Gasteiger partial charge on any atom is 0.249 e. The number of thioether (sulfide) groups is 1. The molecule has 22 heavy (non-hydrogen) atoms. The summed E-state index contributed by atoms with van der Waals surface area (Å²) >= 11 is 1.55. The maximum absolute atomic E-state index is 11.8. The number of nitrogens with one attached hydrogen (secondary N) is 1. The number of methoxy groups -OCH3 is 1. The molecule has 0 atom stereocenters. The first kappa shape index (κ1) is 16.4. The zero-order valence-electron chi connectivity index (χ0n) is 13.0. The van der Waals surface area contributed by atoms with E-state index >= 15 is 0 Å². The van der Waals surface area contributed by atoms with Crippen molar-refractivity contribution in [1.29, 1.82) is 0 Å². The average Bonchev–Trinajstić information content (AvgIpc) is 2.98. The molecule has 5 nitrogen and oxygen atoms in total. The van der Waals surface area contributed by atoms with Gasteiger partial charge in [-0.3, -0.25) is 9.79 Å². The second-order valence-electron chi connectivity index (χ2n) is 4.93. The van der Waals surface area contributed by atoms with Crippen molar-refractivity contribution in [3.63, 3.8) is 0 Å². The topological polar surface area (TPSA) is 59.9 Å². The van der Waals surface area contributed by atoms with Gasteiger partial charge in [-0.2, -0.15) is 0 Å². The Labute approximate surface area is 134 Å². The van der Waals surface area contributed by atoms with Crippen LogP contribution in [0.2, 0.25) is 0 Å². The van der Waals surface area contributed by atoms with Crippen LogP contribution in [0.4, 0.5) is 0 Å². The van der Waals surface area contributed by atoms with Crippen molar-refractivity contribution in [2.45, 2.75) is 20.0 Å². The van der Waals surface area contributed by atoms with Gasteiger partial charge in [0, 0.05) is 23.5 Å². The summed E-state index contributed by atoms with van der Waals surface area (Å²) in [6.45, 7) is 4.69. The summed E-state index contributed by atoms with van der Waals surface area (Å²) in [6, 6.07) is 5.54. The molecule has 0 unspecified atom stereocenters. The number of carbonyl (C=O) groups is 1. The fourth-order valence-electron chi connectivity index (χ4n) is 1.90. The number of amidine groups is 1. The summed E-state index contributed by atoms with van der Waals surface area (Å²) in [4.78, 5) is 16.0. The Morgan fingerprint density at radius 3 is 2.91 bits per heavy atom. The number of carbonyl (C=O) groups excluding carboxylic acids is 1. The van der Waals surface area contributed by atoms with Gasteiger partial charge >= 0.3 is 0 Å². The van der Waals surface area contributed by atoms with Crippen LogP contribution in [-0.4, -0.2) is 36.6 Å². The van der Waals surface area contributed by atoms with E-state index in [1.165, 1.54) is 6.08 Å². The Balaban J connectivity index is 2.04. The van der Waals surface area contributed by atoms with Crippen molar-refractivity contribution in [1.82, 2.24) is 5.32 Å². The lowest BCUT2D eigenvalue weighted by molar-refractivity contribution is -0.115. The van der Waals surface area contributed by atoms with Gasteiger partial charge in [-0.1, -0.05) is 11.8 Å². The van der Waals surface area contributed by atoms with E-state index in [0.29, 0.717) is 10.9 Å². The van der Waals surface area contributed by atoms with E-state index in [1.807, 2.05) is 32.0 Å². The first-order valence-corrected chi connectivity index (χ1v) is 8.08. The summed E-state index contributed by atoms with van der Waals surface area (Å²) in [7, 11) is 1.59. The number of rotatable bonds is 5. The second-order valence-corrected chi connectivity index (χ2v) is 6.01. The fraction of sp³-hybridized carbons (Fsp3) is 0.375. The predicted octanol–water partition coefficient (Wildman–Crippen LogP) is 2.71. The molecule has 1 aliphatic heterocycles. The van der Waals surface area contributed by atoms with Crippen LogP contribution >= 0.6 is 11.8 Å². The lowest BCUT2D eigenvalue weighted by atomic mass is 10.1. The third-order valence-electron chi connectivity index (χ3n) is 2.81. The molecule has 1 aromatic carbocycles. The molecule has 0 aromatic heterocycles. The highest BCUT2D eigenvalue weighted by Gasteiger charge is 2.09. The van der Waals surface area contributed by atoms with E-state index in [9.17, 15) is 4.79 Å². The van der Waals surface area contributed by atoms with Crippen molar-refractivity contribution >= 4 is 28.9 Å². The molecule has 0 spiro atoms. The van der Waals surface area contributed by atoms with Gasteiger partial charge < -0.3 is 14.8 Å². The second kappa shape index (κ2) is 7.89. The van der Waals surface area contributed by atoms with Crippen LogP contribution in [0, 0.1) is 0 Å². The van der Waals surface area contributed by atoms with Gasteiger partial charge in [0.15, 0.2) is 5.17 Å². The quantitative estimate of drug-likeness (QED) is 0.848. The molecule has 1 N–H and O–H groups in total. The normalized spacial score (nSPS) is 14.3. The number of nitrogens with zero attached hydrogens (tertiary/aromatic N) is 1. The Kier molecular flexibility index (Phi) is 5.89. The molecule has 0 radical (unpaired) electrons. The van der Waals surface area contributed by atoms with Gasteiger partial charge in [-0.05, 0) is 32.1 Å². The van der Waals surface area contributed by atoms with Gasteiger partial charge in [0.2, 0.25) is 5.91 Å². The highest BCUT2D eigenvalue weighted by atomic mass is 32.2. The Morgan fingerprint density at radius 2 is 2.27 bits per heavy atom.